The molecule has 0 spiro atoms. The van der Waals surface area contributed by atoms with E-state index in [0.717, 1.165) is 17.2 Å². The third kappa shape index (κ3) is 4.79. The van der Waals surface area contributed by atoms with Gasteiger partial charge in [-0.1, -0.05) is 50.6 Å². The van der Waals surface area contributed by atoms with E-state index in [1.807, 2.05) is 38.1 Å². The van der Waals surface area contributed by atoms with Crippen molar-refractivity contribution in [2.75, 3.05) is 26.3 Å². The van der Waals surface area contributed by atoms with Crippen LogP contribution in [0, 0.1) is 23.5 Å². The van der Waals surface area contributed by atoms with Gasteiger partial charge in [0, 0.05) is 24.7 Å². The molecule has 4 atom stereocenters. The fourth-order valence-electron chi connectivity index (χ4n) is 6.00. The first-order chi connectivity index (χ1) is 18.3. The summed E-state index contributed by atoms with van der Waals surface area (Å²) in [5.41, 5.74) is 2.13. The molecule has 0 radical (unpaired) electrons. The number of nitrogens with one attached hydrogen (secondary N) is 1. The number of fused-ring (bicyclic) bond motifs is 1. The first-order valence-electron chi connectivity index (χ1n) is 13.3. The second-order valence-electron chi connectivity index (χ2n) is 10.5. The number of ether oxygens (including phenoxy) is 1. The number of benzene rings is 2. The lowest BCUT2D eigenvalue weighted by Crippen LogP contribution is -2.68. The van der Waals surface area contributed by atoms with E-state index < -0.39 is 41.6 Å². The highest BCUT2D eigenvalue weighted by Gasteiger charge is 2.51. The summed E-state index contributed by atoms with van der Waals surface area (Å²) in [5.74, 6) is -3.48. The maximum absolute atomic E-state index is 15.3. The zero-order chi connectivity index (χ0) is 27.0. The van der Waals surface area contributed by atoms with Crippen LogP contribution in [-0.4, -0.2) is 65.9 Å². The number of carbonyl (C=O) groups excluding carboxylic acids is 3. The second kappa shape index (κ2) is 10.8. The minimum absolute atomic E-state index is 0.118. The van der Waals surface area contributed by atoms with Crippen LogP contribution in [0.15, 0.2) is 42.5 Å². The van der Waals surface area contributed by atoms with Gasteiger partial charge in [0.05, 0.1) is 13.2 Å². The number of carbonyl (C=O) groups is 3. The molecule has 0 saturated carbocycles. The van der Waals surface area contributed by atoms with Crippen molar-refractivity contribution in [3.63, 3.8) is 0 Å². The van der Waals surface area contributed by atoms with Crippen LogP contribution in [0.5, 0.6) is 0 Å². The summed E-state index contributed by atoms with van der Waals surface area (Å²) >= 11 is 0. The highest BCUT2D eigenvalue weighted by atomic mass is 19.1. The molecule has 0 aromatic heterocycles. The van der Waals surface area contributed by atoms with Gasteiger partial charge in [-0.15, -0.1) is 0 Å². The monoisotopic (exact) mass is 525 g/mol. The van der Waals surface area contributed by atoms with Crippen molar-refractivity contribution in [3.05, 3.63) is 70.8 Å². The summed E-state index contributed by atoms with van der Waals surface area (Å²) in [6.07, 6.45) is 1.79. The molecule has 7 nitrogen and oxygen atoms in total. The molecule has 2 saturated heterocycles. The second-order valence-corrected chi connectivity index (χ2v) is 10.5. The third-order valence-electron chi connectivity index (χ3n) is 8.22. The zero-order valence-electron chi connectivity index (χ0n) is 21.7. The Balaban J connectivity index is 1.58. The average Bonchev–Trinajstić information content (AvgIpc) is 3.35. The van der Waals surface area contributed by atoms with Gasteiger partial charge in [-0.2, -0.15) is 0 Å². The lowest BCUT2D eigenvalue weighted by Gasteiger charge is -2.47. The Morgan fingerprint density at radius 1 is 1.08 bits per heavy atom. The van der Waals surface area contributed by atoms with Crippen LogP contribution in [0.4, 0.5) is 8.78 Å². The number of halogens is 2. The van der Waals surface area contributed by atoms with Crippen LogP contribution in [0.25, 0.3) is 0 Å². The Morgan fingerprint density at radius 3 is 2.34 bits per heavy atom. The molecule has 3 amide bonds. The van der Waals surface area contributed by atoms with Crippen molar-refractivity contribution < 1.29 is 27.9 Å². The predicted molar refractivity (Wildman–Crippen MR) is 136 cm³/mol. The summed E-state index contributed by atoms with van der Waals surface area (Å²) in [5, 5.41) is 2.96. The first kappa shape index (κ1) is 26.3. The molecule has 2 fully saturated rings. The molecule has 9 heteroatoms. The Morgan fingerprint density at radius 2 is 1.74 bits per heavy atom. The summed E-state index contributed by atoms with van der Waals surface area (Å²) in [7, 11) is 0. The van der Waals surface area contributed by atoms with E-state index in [1.54, 1.807) is 0 Å². The molecule has 1 aliphatic carbocycles. The van der Waals surface area contributed by atoms with Crippen molar-refractivity contribution >= 4 is 17.7 Å². The molecular formula is C29H33F2N3O4. The highest BCUT2D eigenvalue weighted by Crippen LogP contribution is 2.37. The normalized spacial score (nSPS) is 23.7. The predicted octanol–water partition coefficient (Wildman–Crippen LogP) is 3.02. The van der Waals surface area contributed by atoms with E-state index in [-0.39, 0.29) is 36.4 Å². The topological polar surface area (TPSA) is 79.0 Å². The van der Waals surface area contributed by atoms with Gasteiger partial charge in [0.2, 0.25) is 17.7 Å². The number of morpholine rings is 1. The largest absolute Gasteiger partial charge is 0.378 e. The van der Waals surface area contributed by atoms with Crippen LogP contribution in [0.3, 0.4) is 0 Å². The van der Waals surface area contributed by atoms with Crippen LogP contribution in [0.2, 0.25) is 0 Å². The summed E-state index contributed by atoms with van der Waals surface area (Å²) in [4.78, 5) is 44.9. The molecule has 38 heavy (non-hydrogen) atoms. The van der Waals surface area contributed by atoms with Gasteiger partial charge in [-0.25, -0.2) is 8.78 Å². The number of hydrogen-bond donors (Lipinski definition) is 1. The van der Waals surface area contributed by atoms with Crippen LogP contribution in [-0.2, 0) is 32.0 Å². The van der Waals surface area contributed by atoms with Gasteiger partial charge in [-0.05, 0) is 41.9 Å². The van der Waals surface area contributed by atoms with E-state index in [9.17, 15) is 18.8 Å². The Kier molecular flexibility index (Phi) is 7.47. The van der Waals surface area contributed by atoms with Gasteiger partial charge in [0.25, 0.3) is 0 Å². The summed E-state index contributed by atoms with van der Waals surface area (Å²) in [6.45, 7) is 4.93. The number of rotatable bonds is 6. The van der Waals surface area contributed by atoms with Gasteiger partial charge in [0.15, 0.2) is 0 Å². The van der Waals surface area contributed by atoms with Crippen molar-refractivity contribution in [3.8, 4) is 0 Å². The molecular weight excluding hydrogens is 492 g/mol. The van der Waals surface area contributed by atoms with E-state index in [1.165, 1.54) is 15.9 Å². The maximum Gasteiger partial charge on any atom is 0.250 e. The Bertz CT molecular complexity index is 1210. The smallest absolute Gasteiger partial charge is 0.250 e. The molecule has 3 aliphatic rings. The molecule has 2 aromatic rings. The van der Waals surface area contributed by atoms with Gasteiger partial charge in [0.1, 0.15) is 29.8 Å². The minimum atomic E-state index is -1.41. The Hall–Kier alpha value is -3.33. The highest BCUT2D eigenvalue weighted by molar-refractivity contribution is 6.00. The van der Waals surface area contributed by atoms with Crippen molar-refractivity contribution in [2.45, 2.75) is 51.2 Å². The first-order valence-corrected chi connectivity index (χ1v) is 13.3. The maximum atomic E-state index is 15.3. The number of nitrogens with zero attached hydrogens (tertiary/aromatic N) is 2. The molecule has 202 valence electrons. The van der Waals surface area contributed by atoms with E-state index in [4.69, 9.17) is 4.74 Å². The number of amides is 3. The van der Waals surface area contributed by atoms with Crippen molar-refractivity contribution in [1.82, 2.24) is 15.1 Å². The fourth-order valence-corrected chi connectivity index (χ4v) is 6.00. The molecule has 0 bridgehead atoms. The van der Waals surface area contributed by atoms with Crippen molar-refractivity contribution in [1.29, 1.82) is 0 Å². The van der Waals surface area contributed by atoms with Crippen LogP contribution >= 0.6 is 0 Å². The lowest BCUT2D eigenvalue weighted by molar-refractivity contribution is -0.163. The molecule has 5 rings (SSSR count). The molecule has 2 heterocycles. The Labute approximate surface area is 221 Å². The zero-order valence-corrected chi connectivity index (χ0v) is 21.7. The minimum Gasteiger partial charge on any atom is -0.378 e. The SMILES string of the molecule is CC[C@H](C)[C@@H]1C(=O)NC(C2Cc3ccccc3C2)C(=O)N1[C@@H](C(=O)N1CCOCC1)c1ccc(F)cc1F. The van der Waals surface area contributed by atoms with Gasteiger partial charge < -0.3 is 19.9 Å². The lowest BCUT2D eigenvalue weighted by atomic mass is 9.85. The average molecular weight is 526 g/mol. The summed E-state index contributed by atoms with van der Waals surface area (Å²) in [6, 6.07) is 7.68. The quantitative estimate of drug-likeness (QED) is 0.629. The molecule has 2 aromatic carbocycles. The molecule has 1 unspecified atom stereocenters. The summed E-state index contributed by atoms with van der Waals surface area (Å²) < 4.78 is 34.6. The van der Waals surface area contributed by atoms with Crippen LogP contribution < -0.4 is 5.32 Å². The van der Waals surface area contributed by atoms with Gasteiger partial charge >= 0.3 is 0 Å². The van der Waals surface area contributed by atoms with E-state index in [2.05, 4.69) is 5.32 Å². The number of piperazine rings is 1. The van der Waals surface area contributed by atoms with Gasteiger partial charge in [-0.3, -0.25) is 14.4 Å². The van der Waals surface area contributed by atoms with E-state index >= 15 is 4.39 Å². The van der Waals surface area contributed by atoms with Crippen LogP contribution in [0.1, 0.15) is 43.0 Å². The van der Waals surface area contributed by atoms with E-state index in [0.29, 0.717) is 38.5 Å². The fraction of sp³-hybridized carbons (Fsp3) is 0.483. The van der Waals surface area contributed by atoms with Crippen molar-refractivity contribution in [2.24, 2.45) is 11.8 Å². The molecule has 1 N–H and O–H groups in total. The number of hydrogen-bond acceptors (Lipinski definition) is 4. The third-order valence-corrected chi connectivity index (χ3v) is 8.22. The standard InChI is InChI=1S/C29H33F2N3O4/c1-3-17(2)25-27(35)32-24(20-14-18-6-4-5-7-19(18)15-20)28(36)34(25)26(22-9-8-21(30)16-23(22)31)29(37)33-10-12-38-13-11-33/h4-9,16-17,20,24-26H,3,10-15H2,1-2H3,(H,32,35)/t17-,24?,25+,26+/m0/s1. The molecule has 2 aliphatic heterocycles.